The van der Waals surface area contributed by atoms with Gasteiger partial charge in [-0.15, -0.1) is 0 Å². The summed E-state index contributed by atoms with van der Waals surface area (Å²) in [5.41, 5.74) is 14.0. The molecule has 0 aliphatic carbocycles. The summed E-state index contributed by atoms with van der Waals surface area (Å²) in [5, 5.41) is 14.4. The Kier molecular flexibility index (Phi) is 10.8. The van der Waals surface area contributed by atoms with Crippen LogP contribution in [0.25, 0.3) is 99.5 Å². The fourth-order valence-corrected chi connectivity index (χ4v) is 11.4. The number of halogens is 6. The number of aromatic nitrogens is 2. The highest BCUT2D eigenvalue weighted by molar-refractivity contribution is 6.13. The van der Waals surface area contributed by atoms with E-state index in [-0.39, 0.29) is 11.6 Å². The van der Waals surface area contributed by atoms with Crippen molar-refractivity contribution in [3.8, 4) is 62.0 Å². The summed E-state index contributed by atoms with van der Waals surface area (Å²) in [5.74, 6) is 0. The highest BCUT2D eigenvalue weighted by Crippen LogP contribution is 2.47. The molecule has 3 nitrogen and oxygen atoms in total. The number of para-hydroxylation sites is 2. The second-order valence-electron chi connectivity index (χ2n) is 19.0. The lowest BCUT2D eigenvalue weighted by Gasteiger charge is -2.21. The van der Waals surface area contributed by atoms with Gasteiger partial charge in [-0.3, -0.25) is 0 Å². The zero-order valence-electron chi connectivity index (χ0n) is 40.2. The van der Waals surface area contributed by atoms with E-state index in [9.17, 15) is 18.4 Å². The van der Waals surface area contributed by atoms with Crippen molar-refractivity contribution in [1.82, 2.24) is 9.13 Å². The first kappa shape index (κ1) is 46.1. The largest absolute Gasteiger partial charge is 0.417 e. The van der Waals surface area contributed by atoms with Crippen LogP contribution in [-0.4, -0.2) is 9.13 Å². The molecule has 0 fully saturated rings. The van der Waals surface area contributed by atoms with E-state index in [1.807, 2.05) is 48.5 Å². The van der Waals surface area contributed by atoms with E-state index >= 15 is 13.2 Å². The number of rotatable bonds is 6. The lowest BCUT2D eigenvalue weighted by molar-refractivity contribution is -0.142. The standard InChI is InChI=1S/C63H45F6N3/c1-35-25-37(3)60(38(4)26-35)43-17-23-57-50(31-43)47-11-7-9-13-54(47)71(57)56-21-15-41(34-70)29-49(56)52-30-42(46-20-19-45(62(64,65)66)33-53(46)63(67,68)69)16-22-59(52)72-55-14-10-8-12-48(55)51-32-44(18-24-58(51)72)61-39(5)27-36(2)28-40(61)6/h7-33H,1-6H3. The van der Waals surface area contributed by atoms with Crippen molar-refractivity contribution >= 4 is 43.6 Å². The van der Waals surface area contributed by atoms with E-state index < -0.39 is 29.0 Å². The number of aryl methyl sites for hydroxylation is 6. The molecule has 0 bridgehead atoms. The number of nitrogens with zero attached hydrogens (tertiary/aromatic N) is 3. The third-order valence-corrected chi connectivity index (χ3v) is 14.1. The maximum Gasteiger partial charge on any atom is 0.417 e. The van der Waals surface area contributed by atoms with Crippen LogP contribution in [0.5, 0.6) is 0 Å². The fourth-order valence-electron chi connectivity index (χ4n) is 11.4. The van der Waals surface area contributed by atoms with Gasteiger partial charge in [-0.05, 0) is 176 Å². The summed E-state index contributed by atoms with van der Waals surface area (Å²) in [6, 6.07) is 51.7. The molecule has 72 heavy (non-hydrogen) atoms. The molecule has 11 aromatic rings. The van der Waals surface area contributed by atoms with Crippen molar-refractivity contribution < 1.29 is 26.3 Å². The maximum absolute atomic E-state index is 15.0. The topological polar surface area (TPSA) is 33.6 Å². The SMILES string of the molecule is Cc1cc(C)c(-c2ccc3c(c2)c2ccccc2n3-c2ccc(C#N)cc2-c2cc(-c3ccc(C(F)(F)F)cc3C(F)(F)F)ccc2-n2c3ccccc3c3cc(-c4c(C)cc(C)cc4C)ccc32)c(C)c1. The molecule has 0 unspecified atom stereocenters. The molecule has 0 aliphatic heterocycles. The molecule has 0 saturated carbocycles. The molecule has 2 aromatic heterocycles. The van der Waals surface area contributed by atoms with Crippen LogP contribution in [-0.2, 0) is 12.4 Å². The molecule has 0 atom stereocenters. The molecule has 0 N–H and O–H groups in total. The molecule has 0 aliphatic rings. The second kappa shape index (κ2) is 16.9. The summed E-state index contributed by atoms with van der Waals surface area (Å²) in [6.45, 7) is 12.6. The van der Waals surface area contributed by atoms with Gasteiger partial charge in [0.25, 0.3) is 0 Å². The van der Waals surface area contributed by atoms with Crippen LogP contribution < -0.4 is 0 Å². The smallest absolute Gasteiger partial charge is 0.309 e. The third-order valence-electron chi connectivity index (χ3n) is 14.1. The molecule has 0 amide bonds. The zero-order chi connectivity index (χ0) is 50.5. The molecule has 354 valence electrons. The van der Waals surface area contributed by atoms with Gasteiger partial charge in [0.15, 0.2) is 0 Å². The molecule has 0 saturated heterocycles. The van der Waals surface area contributed by atoms with Crippen LogP contribution in [0.4, 0.5) is 26.3 Å². The van der Waals surface area contributed by atoms with Gasteiger partial charge in [-0.1, -0.05) is 96.1 Å². The Hall–Kier alpha value is -8.35. The minimum absolute atomic E-state index is 0.0483. The average molecular weight is 958 g/mol. The average Bonchev–Trinajstić information content (AvgIpc) is 3.84. The Balaban J connectivity index is 1.23. The van der Waals surface area contributed by atoms with E-state index in [1.54, 1.807) is 24.3 Å². The number of fused-ring (bicyclic) bond motifs is 6. The van der Waals surface area contributed by atoms with Crippen molar-refractivity contribution in [2.75, 3.05) is 0 Å². The predicted molar refractivity (Wildman–Crippen MR) is 280 cm³/mol. The monoisotopic (exact) mass is 957 g/mol. The van der Waals surface area contributed by atoms with Gasteiger partial charge < -0.3 is 9.13 Å². The van der Waals surface area contributed by atoms with E-state index in [2.05, 4.69) is 123 Å². The van der Waals surface area contributed by atoms with Crippen molar-refractivity contribution in [2.24, 2.45) is 0 Å². The van der Waals surface area contributed by atoms with E-state index in [0.717, 1.165) is 94.2 Å². The minimum Gasteiger partial charge on any atom is -0.309 e. The van der Waals surface area contributed by atoms with Crippen LogP contribution in [0.15, 0.2) is 164 Å². The van der Waals surface area contributed by atoms with E-state index in [1.165, 1.54) is 17.2 Å². The Morgan fingerprint density at radius 2 is 0.833 bits per heavy atom. The van der Waals surface area contributed by atoms with Gasteiger partial charge in [0.05, 0.1) is 56.2 Å². The Bertz CT molecular complexity index is 4050. The van der Waals surface area contributed by atoms with Gasteiger partial charge >= 0.3 is 12.4 Å². The molecule has 9 aromatic carbocycles. The Labute approximate surface area is 412 Å². The van der Waals surface area contributed by atoms with Crippen molar-refractivity contribution in [3.05, 3.63) is 214 Å². The number of hydrogen-bond acceptors (Lipinski definition) is 1. The molecule has 2 heterocycles. The van der Waals surface area contributed by atoms with Crippen LogP contribution in [0, 0.1) is 52.9 Å². The second-order valence-corrected chi connectivity index (χ2v) is 19.0. The van der Waals surface area contributed by atoms with E-state index in [0.29, 0.717) is 34.1 Å². The predicted octanol–water partition coefficient (Wildman–Crippen LogP) is 18.3. The number of alkyl halides is 6. The van der Waals surface area contributed by atoms with Gasteiger partial charge in [0.1, 0.15) is 0 Å². The fraction of sp³-hybridized carbons (Fsp3) is 0.127. The summed E-state index contributed by atoms with van der Waals surface area (Å²) in [6.07, 6.45) is -10.1. The number of hydrogen-bond donors (Lipinski definition) is 0. The van der Waals surface area contributed by atoms with Crippen molar-refractivity contribution in [3.63, 3.8) is 0 Å². The number of nitriles is 1. The quantitative estimate of drug-likeness (QED) is 0.153. The lowest BCUT2D eigenvalue weighted by atomic mass is 9.91. The zero-order valence-corrected chi connectivity index (χ0v) is 40.2. The first-order valence-electron chi connectivity index (χ1n) is 23.6. The highest BCUT2D eigenvalue weighted by Gasteiger charge is 2.38. The highest BCUT2D eigenvalue weighted by atomic mass is 19.4. The minimum atomic E-state index is -5.13. The summed E-state index contributed by atoms with van der Waals surface area (Å²) >= 11 is 0. The summed E-state index contributed by atoms with van der Waals surface area (Å²) in [4.78, 5) is 0. The Morgan fingerprint density at radius 3 is 1.31 bits per heavy atom. The number of benzene rings is 9. The molecule has 11 rings (SSSR count). The summed E-state index contributed by atoms with van der Waals surface area (Å²) in [7, 11) is 0. The van der Waals surface area contributed by atoms with Crippen LogP contribution in [0.3, 0.4) is 0 Å². The van der Waals surface area contributed by atoms with Gasteiger partial charge in [0, 0.05) is 32.7 Å². The normalized spacial score (nSPS) is 12.2. The first-order valence-corrected chi connectivity index (χ1v) is 23.6. The summed E-state index contributed by atoms with van der Waals surface area (Å²) < 4.78 is 91.5. The molecule has 9 heteroatoms. The van der Waals surface area contributed by atoms with Crippen molar-refractivity contribution in [1.29, 1.82) is 5.26 Å². The van der Waals surface area contributed by atoms with Crippen molar-refractivity contribution in [2.45, 2.75) is 53.9 Å². The van der Waals surface area contributed by atoms with Crippen LogP contribution in [0.2, 0.25) is 0 Å². The lowest BCUT2D eigenvalue weighted by Crippen LogP contribution is -2.12. The first-order chi connectivity index (χ1) is 34.4. The third kappa shape index (κ3) is 7.61. The van der Waals surface area contributed by atoms with E-state index in [4.69, 9.17) is 0 Å². The molecular weight excluding hydrogens is 913 g/mol. The Morgan fingerprint density at radius 1 is 0.389 bits per heavy atom. The van der Waals surface area contributed by atoms with Crippen LogP contribution >= 0.6 is 0 Å². The van der Waals surface area contributed by atoms with Gasteiger partial charge in [-0.2, -0.15) is 31.6 Å². The van der Waals surface area contributed by atoms with Crippen LogP contribution in [0.1, 0.15) is 50.1 Å². The molecule has 0 spiro atoms. The van der Waals surface area contributed by atoms with Gasteiger partial charge in [-0.25, -0.2) is 0 Å². The maximum atomic E-state index is 15.0. The molecular formula is C63H45F6N3. The van der Waals surface area contributed by atoms with Gasteiger partial charge in [0.2, 0.25) is 0 Å². The molecule has 0 radical (unpaired) electrons.